The van der Waals surface area contributed by atoms with Crippen LogP contribution in [-0.4, -0.2) is 38.5 Å². The topological polar surface area (TPSA) is 88.4 Å². The monoisotopic (exact) mass is 506 g/mol. The maximum absolute atomic E-state index is 13.7. The molecule has 0 spiro atoms. The van der Waals surface area contributed by atoms with E-state index in [1.807, 2.05) is 18.2 Å². The minimum Gasteiger partial charge on any atom is -0.497 e. The molecule has 4 rings (SSSR count). The molecular weight excluding hydrogens is 480 g/mol. The molecule has 3 aromatic rings. The number of carbonyl (C=O) groups is 1. The highest BCUT2D eigenvalue weighted by Gasteiger charge is 2.33. The van der Waals surface area contributed by atoms with Gasteiger partial charge in [-0.25, -0.2) is 9.79 Å². The number of esters is 1. The summed E-state index contributed by atoms with van der Waals surface area (Å²) in [6.07, 6.45) is 3.26. The smallest absolute Gasteiger partial charge is 0.338 e. The lowest BCUT2D eigenvalue weighted by Gasteiger charge is -2.24. The number of hydrogen-bond donors (Lipinski definition) is 0. The zero-order valence-electron chi connectivity index (χ0n) is 20.4. The molecule has 0 unspecified atom stereocenters. The van der Waals surface area contributed by atoms with Gasteiger partial charge < -0.3 is 18.9 Å². The summed E-state index contributed by atoms with van der Waals surface area (Å²) >= 11 is 1.25. The van der Waals surface area contributed by atoms with Crippen molar-refractivity contribution in [3.05, 3.63) is 97.2 Å². The molecule has 0 fully saturated rings. The van der Waals surface area contributed by atoms with E-state index < -0.39 is 12.0 Å². The fourth-order valence-electron chi connectivity index (χ4n) is 3.99. The second-order valence-corrected chi connectivity index (χ2v) is 8.87. The van der Waals surface area contributed by atoms with E-state index >= 15 is 0 Å². The van der Waals surface area contributed by atoms with Gasteiger partial charge in [-0.05, 0) is 48.4 Å². The van der Waals surface area contributed by atoms with Gasteiger partial charge in [-0.1, -0.05) is 42.2 Å². The van der Waals surface area contributed by atoms with Crippen LogP contribution in [0.3, 0.4) is 0 Å². The molecule has 2 aromatic carbocycles. The molecule has 1 aliphatic heterocycles. The third kappa shape index (κ3) is 4.70. The van der Waals surface area contributed by atoms with Crippen molar-refractivity contribution in [2.75, 3.05) is 27.9 Å². The standard InChI is InChI=1S/C27H26N2O6S/c1-6-13-35-26(31)23-16(2)28-27-29(24(23)18-8-10-19(32-3)11-9-18)25(30)22(36-27)15-17-7-12-20(33-4)21(14-17)34-5/h6-12,14-15,24H,1,13H2,2-5H3/b22-15+/t24-/m0/s1. The molecule has 0 N–H and O–H groups in total. The summed E-state index contributed by atoms with van der Waals surface area (Å²) in [5.74, 6) is 1.26. The van der Waals surface area contributed by atoms with Crippen molar-refractivity contribution in [2.45, 2.75) is 13.0 Å². The number of fused-ring (bicyclic) bond motifs is 1. The van der Waals surface area contributed by atoms with Gasteiger partial charge in [-0.15, -0.1) is 0 Å². The van der Waals surface area contributed by atoms with Gasteiger partial charge in [-0.2, -0.15) is 0 Å². The zero-order valence-corrected chi connectivity index (χ0v) is 21.3. The first-order chi connectivity index (χ1) is 17.4. The maximum atomic E-state index is 13.7. The van der Waals surface area contributed by atoms with Gasteiger partial charge in [0.15, 0.2) is 16.3 Å². The minimum absolute atomic E-state index is 0.0503. The number of nitrogens with zero attached hydrogens (tertiary/aromatic N) is 2. The van der Waals surface area contributed by atoms with Crippen molar-refractivity contribution in [2.24, 2.45) is 4.99 Å². The molecular formula is C27H26N2O6S. The van der Waals surface area contributed by atoms with E-state index in [9.17, 15) is 9.59 Å². The van der Waals surface area contributed by atoms with Gasteiger partial charge in [0.1, 0.15) is 12.4 Å². The number of benzene rings is 2. The lowest BCUT2D eigenvalue weighted by atomic mass is 9.96. The fourth-order valence-corrected chi connectivity index (χ4v) is 5.04. The summed E-state index contributed by atoms with van der Waals surface area (Å²) in [6.45, 7) is 5.40. The van der Waals surface area contributed by atoms with E-state index in [-0.39, 0.29) is 12.2 Å². The van der Waals surface area contributed by atoms with Crippen molar-refractivity contribution in [1.29, 1.82) is 0 Å². The molecule has 0 radical (unpaired) electrons. The van der Waals surface area contributed by atoms with Crippen molar-refractivity contribution in [3.63, 3.8) is 0 Å². The Morgan fingerprint density at radius 3 is 2.44 bits per heavy atom. The van der Waals surface area contributed by atoms with E-state index in [1.165, 1.54) is 22.0 Å². The summed E-state index contributed by atoms with van der Waals surface area (Å²) in [7, 11) is 4.70. The largest absolute Gasteiger partial charge is 0.497 e. The lowest BCUT2D eigenvalue weighted by Crippen LogP contribution is -2.39. The Balaban J connectivity index is 1.90. The Labute approximate surface area is 212 Å². The van der Waals surface area contributed by atoms with Crippen LogP contribution in [0.1, 0.15) is 24.1 Å². The first-order valence-corrected chi connectivity index (χ1v) is 11.9. The molecule has 0 saturated carbocycles. The average Bonchev–Trinajstić information content (AvgIpc) is 3.20. The van der Waals surface area contributed by atoms with Gasteiger partial charge in [-0.3, -0.25) is 9.36 Å². The Hall–Kier alpha value is -4.11. The number of methoxy groups -OCH3 is 3. The van der Waals surface area contributed by atoms with Gasteiger partial charge >= 0.3 is 5.97 Å². The van der Waals surface area contributed by atoms with Crippen LogP contribution in [0.5, 0.6) is 17.2 Å². The van der Waals surface area contributed by atoms with E-state index in [0.717, 1.165) is 11.1 Å². The van der Waals surface area contributed by atoms with E-state index in [0.29, 0.717) is 37.9 Å². The number of hydrogen-bond acceptors (Lipinski definition) is 8. The molecule has 1 atom stereocenters. The van der Waals surface area contributed by atoms with Crippen molar-refractivity contribution < 1.29 is 23.7 Å². The van der Waals surface area contributed by atoms with Crippen molar-refractivity contribution >= 4 is 23.4 Å². The van der Waals surface area contributed by atoms with E-state index in [4.69, 9.17) is 18.9 Å². The van der Waals surface area contributed by atoms with Crippen LogP contribution in [0.2, 0.25) is 0 Å². The highest BCUT2D eigenvalue weighted by Crippen LogP contribution is 2.32. The van der Waals surface area contributed by atoms with Gasteiger partial charge in [0, 0.05) is 0 Å². The third-order valence-corrected chi connectivity index (χ3v) is 6.69. The third-order valence-electron chi connectivity index (χ3n) is 5.71. The molecule has 0 amide bonds. The van der Waals surface area contributed by atoms with E-state index in [2.05, 4.69) is 11.6 Å². The van der Waals surface area contributed by atoms with Crippen LogP contribution in [0, 0.1) is 0 Å². The van der Waals surface area contributed by atoms with Crippen LogP contribution >= 0.6 is 11.3 Å². The number of allylic oxidation sites excluding steroid dienone is 1. The Morgan fingerprint density at radius 1 is 1.08 bits per heavy atom. The van der Waals surface area contributed by atoms with Crippen LogP contribution in [0.15, 0.2) is 76.2 Å². The first-order valence-electron chi connectivity index (χ1n) is 11.1. The predicted octanol–water partition coefficient (Wildman–Crippen LogP) is 2.99. The number of rotatable bonds is 8. The summed E-state index contributed by atoms with van der Waals surface area (Å²) in [5, 5.41) is 0. The van der Waals surface area contributed by atoms with Gasteiger partial charge in [0.25, 0.3) is 5.56 Å². The Kier molecular flexibility index (Phi) is 7.40. The molecule has 1 aromatic heterocycles. The molecule has 36 heavy (non-hydrogen) atoms. The van der Waals surface area contributed by atoms with Crippen LogP contribution in [-0.2, 0) is 9.53 Å². The molecule has 2 heterocycles. The Morgan fingerprint density at radius 2 is 1.81 bits per heavy atom. The van der Waals surface area contributed by atoms with E-state index in [1.54, 1.807) is 58.6 Å². The van der Waals surface area contributed by atoms with Gasteiger partial charge in [0.2, 0.25) is 0 Å². The summed E-state index contributed by atoms with van der Waals surface area (Å²) in [5.41, 5.74) is 2.02. The molecule has 1 aliphatic rings. The SMILES string of the molecule is C=CCOC(=O)C1=C(C)N=c2s/c(=C/c3ccc(OC)c(OC)c3)c(=O)n2[C@H]1c1ccc(OC)cc1. The molecule has 0 bridgehead atoms. The highest BCUT2D eigenvalue weighted by atomic mass is 32.1. The minimum atomic E-state index is -0.711. The lowest BCUT2D eigenvalue weighted by molar-refractivity contribution is -0.138. The van der Waals surface area contributed by atoms with Crippen LogP contribution < -0.4 is 29.1 Å². The maximum Gasteiger partial charge on any atom is 0.338 e. The number of thiazole rings is 1. The van der Waals surface area contributed by atoms with Crippen molar-refractivity contribution in [1.82, 2.24) is 4.57 Å². The molecule has 8 nitrogen and oxygen atoms in total. The summed E-state index contributed by atoms with van der Waals surface area (Å²) in [6, 6.07) is 11.9. The predicted molar refractivity (Wildman–Crippen MR) is 137 cm³/mol. The number of aromatic nitrogens is 1. The van der Waals surface area contributed by atoms with Gasteiger partial charge in [0.05, 0.1) is 43.2 Å². The molecule has 0 saturated heterocycles. The normalized spacial score (nSPS) is 15.1. The molecule has 186 valence electrons. The van der Waals surface area contributed by atoms with Crippen LogP contribution in [0.25, 0.3) is 6.08 Å². The molecule has 0 aliphatic carbocycles. The summed E-state index contributed by atoms with van der Waals surface area (Å²) < 4.78 is 23.3. The first kappa shape index (κ1) is 25.0. The summed E-state index contributed by atoms with van der Waals surface area (Å²) in [4.78, 5) is 31.9. The van der Waals surface area contributed by atoms with Crippen molar-refractivity contribution in [3.8, 4) is 17.2 Å². The second-order valence-electron chi connectivity index (χ2n) is 7.86. The number of ether oxygens (including phenoxy) is 4. The van der Waals surface area contributed by atoms with Crippen LogP contribution in [0.4, 0.5) is 0 Å². The zero-order chi connectivity index (χ0) is 25.8. The Bertz CT molecular complexity index is 1520. The average molecular weight is 507 g/mol. The number of carbonyl (C=O) groups excluding carboxylic acids is 1. The fraction of sp³-hybridized carbons (Fsp3) is 0.222. The molecule has 9 heteroatoms. The second kappa shape index (κ2) is 10.7. The quantitative estimate of drug-likeness (QED) is 0.345. The highest BCUT2D eigenvalue weighted by molar-refractivity contribution is 7.07.